The Balaban J connectivity index is 1.75. The summed E-state index contributed by atoms with van der Waals surface area (Å²) in [7, 11) is 0. The molecule has 0 aliphatic heterocycles. The molecule has 0 bridgehead atoms. The van der Waals surface area contributed by atoms with E-state index in [0.29, 0.717) is 18.5 Å². The van der Waals surface area contributed by atoms with E-state index < -0.39 is 11.7 Å². The zero-order valence-corrected chi connectivity index (χ0v) is 18.6. The van der Waals surface area contributed by atoms with Gasteiger partial charge in [-0.25, -0.2) is 4.79 Å². The lowest BCUT2D eigenvalue weighted by Crippen LogP contribution is -2.39. The molecule has 166 valence electrons. The fraction of sp³-hybridized carbons (Fsp3) is 0.375. The summed E-state index contributed by atoms with van der Waals surface area (Å²) in [5.41, 5.74) is 3.20. The van der Waals surface area contributed by atoms with Gasteiger partial charge in [-0.15, -0.1) is 0 Å². The number of benzene rings is 2. The Labute approximate surface area is 183 Å². The highest BCUT2D eigenvalue weighted by atomic mass is 16.6. The summed E-state index contributed by atoms with van der Waals surface area (Å²) in [5, 5.41) is 8.03. The number of nitrogens with one attached hydrogen (secondary N) is 3. The number of amides is 3. The summed E-state index contributed by atoms with van der Waals surface area (Å²) < 4.78 is 5.09. The maximum Gasteiger partial charge on any atom is 0.408 e. The van der Waals surface area contributed by atoms with Crippen LogP contribution in [0.4, 0.5) is 10.5 Å². The zero-order chi connectivity index (χ0) is 22.9. The largest absolute Gasteiger partial charge is 0.444 e. The molecular formula is C24H31N3O4. The zero-order valence-electron chi connectivity index (χ0n) is 18.6. The van der Waals surface area contributed by atoms with E-state index in [1.807, 2.05) is 49.4 Å². The summed E-state index contributed by atoms with van der Waals surface area (Å²) in [5.74, 6) is -0.401. The molecule has 0 unspecified atom stereocenters. The molecule has 0 fully saturated rings. The van der Waals surface area contributed by atoms with Crippen LogP contribution < -0.4 is 16.0 Å². The number of ether oxygens (including phenoxy) is 1. The lowest BCUT2D eigenvalue weighted by atomic mass is 10.1. The Bertz CT molecular complexity index is 902. The molecule has 2 rings (SSSR count). The molecule has 0 heterocycles. The van der Waals surface area contributed by atoms with Crippen LogP contribution >= 0.6 is 0 Å². The summed E-state index contributed by atoms with van der Waals surface area (Å²) >= 11 is 0. The normalized spacial score (nSPS) is 10.8. The topological polar surface area (TPSA) is 96.5 Å². The Morgan fingerprint density at radius 2 is 1.61 bits per heavy atom. The average molecular weight is 426 g/mol. The van der Waals surface area contributed by atoms with E-state index >= 15 is 0 Å². The van der Waals surface area contributed by atoms with Crippen LogP contribution in [-0.2, 0) is 27.3 Å². The maximum atomic E-state index is 12.2. The van der Waals surface area contributed by atoms with Gasteiger partial charge in [0.2, 0.25) is 11.8 Å². The second kappa shape index (κ2) is 11.2. The van der Waals surface area contributed by atoms with Gasteiger partial charge in [-0.1, -0.05) is 42.0 Å². The number of rotatable bonds is 8. The van der Waals surface area contributed by atoms with Gasteiger partial charge < -0.3 is 20.7 Å². The van der Waals surface area contributed by atoms with Gasteiger partial charge in [0.05, 0.1) is 0 Å². The third-order valence-electron chi connectivity index (χ3n) is 4.25. The number of hydrogen-bond acceptors (Lipinski definition) is 4. The maximum absolute atomic E-state index is 12.2. The van der Waals surface area contributed by atoms with Gasteiger partial charge >= 0.3 is 6.09 Å². The molecule has 3 N–H and O–H groups in total. The van der Waals surface area contributed by atoms with E-state index in [0.717, 1.165) is 11.1 Å². The monoisotopic (exact) mass is 425 g/mol. The lowest BCUT2D eigenvalue weighted by molar-refractivity contribution is -0.120. The molecular weight excluding hydrogens is 394 g/mol. The van der Waals surface area contributed by atoms with Crippen molar-refractivity contribution in [3.05, 3.63) is 65.2 Å². The van der Waals surface area contributed by atoms with Crippen LogP contribution in [0.2, 0.25) is 0 Å². The van der Waals surface area contributed by atoms with E-state index in [-0.39, 0.29) is 24.9 Å². The van der Waals surface area contributed by atoms with Crippen molar-refractivity contribution in [3.63, 3.8) is 0 Å². The van der Waals surface area contributed by atoms with Crippen LogP contribution in [0.3, 0.4) is 0 Å². The second-order valence-electron chi connectivity index (χ2n) is 8.37. The van der Waals surface area contributed by atoms with Crippen molar-refractivity contribution in [2.75, 3.05) is 11.9 Å². The van der Waals surface area contributed by atoms with Crippen LogP contribution in [0, 0.1) is 6.92 Å². The molecule has 0 aliphatic carbocycles. The summed E-state index contributed by atoms with van der Waals surface area (Å²) in [4.78, 5) is 35.8. The van der Waals surface area contributed by atoms with Crippen LogP contribution in [0.25, 0.3) is 0 Å². The molecule has 7 nitrogen and oxygen atoms in total. The fourth-order valence-corrected chi connectivity index (χ4v) is 2.72. The molecule has 0 atom stereocenters. The number of aryl methyl sites for hydroxylation is 2. The van der Waals surface area contributed by atoms with E-state index in [2.05, 4.69) is 16.0 Å². The summed E-state index contributed by atoms with van der Waals surface area (Å²) in [6, 6.07) is 15.4. The van der Waals surface area contributed by atoms with Gasteiger partial charge in [-0.2, -0.15) is 0 Å². The van der Waals surface area contributed by atoms with Crippen molar-refractivity contribution >= 4 is 23.6 Å². The number of anilines is 1. The van der Waals surface area contributed by atoms with Gasteiger partial charge in [0, 0.05) is 18.7 Å². The molecule has 0 radical (unpaired) electrons. The molecule has 2 aromatic carbocycles. The molecule has 31 heavy (non-hydrogen) atoms. The molecule has 3 amide bonds. The standard InChI is InChI=1S/C24H31N3O4/c1-17-8-10-18(11-9-17)12-13-21(28)27-20-7-5-6-19(14-20)15-25-22(29)16-26-23(30)31-24(2,3)4/h5-11,14H,12-13,15-16H2,1-4H3,(H,25,29)(H,26,30)(H,27,28). The first-order valence-corrected chi connectivity index (χ1v) is 10.3. The van der Waals surface area contributed by atoms with Gasteiger partial charge in [0.15, 0.2) is 0 Å². The van der Waals surface area contributed by atoms with Crippen molar-refractivity contribution in [1.29, 1.82) is 0 Å². The SMILES string of the molecule is Cc1ccc(CCC(=O)Nc2cccc(CNC(=O)CNC(=O)OC(C)(C)C)c2)cc1. The van der Waals surface area contributed by atoms with Crippen LogP contribution in [0.1, 0.15) is 43.9 Å². The third kappa shape index (κ3) is 9.80. The second-order valence-corrected chi connectivity index (χ2v) is 8.37. The van der Waals surface area contributed by atoms with Crippen LogP contribution in [0.5, 0.6) is 0 Å². The Morgan fingerprint density at radius 1 is 0.903 bits per heavy atom. The highest BCUT2D eigenvalue weighted by Crippen LogP contribution is 2.12. The van der Waals surface area contributed by atoms with E-state index in [4.69, 9.17) is 4.74 Å². The van der Waals surface area contributed by atoms with Crippen molar-refractivity contribution < 1.29 is 19.1 Å². The number of carbonyl (C=O) groups is 3. The molecule has 0 saturated heterocycles. The smallest absolute Gasteiger partial charge is 0.408 e. The number of carbonyl (C=O) groups excluding carboxylic acids is 3. The van der Waals surface area contributed by atoms with E-state index in [1.54, 1.807) is 26.8 Å². The van der Waals surface area contributed by atoms with Gasteiger partial charge in [0.25, 0.3) is 0 Å². The van der Waals surface area contributed by atoms with E-state index in [1.165, 1.54) is 5.56 Å². The first kappa shape index (κ1) is 23.9. The minimum Gasteiger partial charge on any atom is -0.444 e. The molecule has 0 spiro atoms. The lowest BCUT2D eigenvalue weighted by Gasteiger charge is -2.19. The van der Waals surface area contributed by atoms with Gasteiger partial charge in [0.1, 0.15) is 12.1 Å². The highest BCUT2D eigenvalue weighted by molar-refractivity contribution is 5.91. The number of hydrogen-bond donors (Lipinski definition) is 3. The summed E-state index contributed by atoms with van der Waals surface area (Å²) in [6.07, 6.45) is 0.422. The highest BCUT2D eigenvalue weighted by Gasteiger charge is 2.16. The Kier molecular flexibility index (Phi) is 8.61. The van der Waals surface area contributed by atoms with Crippen LogP contribution in [-0.4, -0.2) is 30.1 Å². The van der Waals surface area contributed by atoms with Gasteiger partial charge in [-0.05, 0) is 57.4 Å². The minimum atomic E-state index is -0.641. The van der Waals surface area contributed by atoms with Crippen molar-refractivity contribution in [2.45, 2.75) is 52.7 Å². The molecule has 2 aromatic rings. The molecule has 7 heteroatoms. The Morgan fingerprint density at radius 3 is 2.29 bits per heavy atom. The molecule has 0 aliphatic rings. The first-order valence-electron chi connectivity index (χ1n) is 10.3. The average Bonchev–Trinajstić information content (AvgIpc) is 2.69. The number of alkyl carbamates (subject to hydrolysis) is 1. The minimum absolute atomic E-state index is 0.0664. The van der Waals surface area contributed by atoms with Gasteiger partial charge in [-0.3, -0.25) is 9.59 Å². The van der Waals surface area contributed by atoms with E-state index in [9.17, 15) is 14.4 Å². The molecule has 0 aromatic heterocycles. The predicted molar refractivity (Wildman–Crippen MR) is 121 cm³/mol. The summed E-state index contributed by atoms with van der Waals surface area (Å²) in [6.45, 7) is 7.39. The Hall–Kier alpha value is -3.35. The van der Waals surface area contributed by atoms with Crippen LogP contribution in [0.15, 0.2) is 48.5 Å². The molecule has 0 saturated carbocycles. The predicted octanol–water partition coefficient (Wildman–Crippen LogP) is 3.71. The van der Waals surface area contributed by atoms with Crippen molar-refractivity contribution in [2.24, 2.45) is 0 Å². The fourth-order valence-electron chi connectivity index (χ4n) is 2.72. The van der Waals surface area contributed by atoms with Crippen molar-refractivity contribution in [3.8, 4) is 0 Å². The first-order chi connectivity index (χ1) is 14.6. The van der Waals surface area contributed by atoms with Crippen molar-refractivity contribution in [1.82, 2.24) is 10.6 Å². The third-order valence-corrected chi connectivity index (χ3v) is 4.25. The quantitative estimate of drug-likeness (QED) is 0.601.